The molecule has 3 nitrogen and oxygen atoms in total. The van der Waals surface area contributed by atoms with Crippen LogP contribution in [0.4, 0.5) is 0 Å². The van der Waals surface area contributed by atoms with Crippen molar-refractivity contribution in [2.24, 2.45) is 0 Å². The van der Waals surface area contributed by atoms with Gasteiger partial charge in [0.2, 0.25) is 0 Å². The standard InChI is InChI=1S/C8H7BN2O/c1-2-9(12)8-3-7(4-10)5-11-6-8/h2-3,5-6,12H,1H2. The quantitative estimate of drug-likeness (QED) is 0.609. The van der Waals surface area contributed by atoms with Crippen LogP contribution in [0.3, 0.4) is 0 Å². The lowest BCUT2D eigenvalue weighted by molar-refractivity contribution is 0.599. The lowest BCUT2D eigenvalue weighted by Crippen LogP contribution is -2.28. The van der Waals surface area contributed by atoms with Gasteiger partial charge in [0.15, 0.2) is 0 Å². The zero-order valence-electron chi connectivity index (χ0n) is 6.44. The zero-order chi connectivity index (χ0) is 8.97. The second-order valence-electron chi connectivity index (χ2n) is 2.30. The van der Waals surface area contributed by atoms with Gasteiger partial charge in [-0.2, -0.15) is 5.26 Å². The fraction of sp³-hybridized carbons (Fsp3) is 0. The Labute approximate surface area is 71.1 Å². The maximum Gasteiger partial charge on any atom is 0.352 e. The van der Waals surface area contributed by atoms with Gasteiger partial charge >= 0.3 is 6.92 Å². The van der Waals surface area contributed by atoms with Crippen molar-refractivity contribution in [2.45, 2.75) is 0 Å². The van der Waals surface area contributed by atoms with Crippen LogP contribution in [0.1, 0.15) is 5.56 Å². The van der Waals surface area contributed by atoms with Crippen molar-refractivity contribution >= 4 is 12.4 Å². The maximum absolute atomic E-state index is 9.28. The highest BCUT2D eigenvalue weighted by Gasteiger charge is 2.09. The second-order valence-corrected chi connectivity index (χ2v) is 2.30. The Morgan fingerprint density at radius 2 is 2.42 bits per heavy atom. The molecule has 1 heterocycles. The molecule has 12 heavy (non-hydrogen) atoms. The van der Waals surface area contributed by atoms with Gasteiger partial charge in [-0.3, -0.25) is 4.98 Å². The van der Waals surface area contributed by atoms with Crippen molar-refractivity contribution in [1.29, 1.82) is 5.26 Å². The summed E-state index contributed by atoms with van der Waals surface area (Å²) in [7, 11) is 0. The largest absolute Gasteiger partial charge is 0.443 e. The first-order valence-corrected chi connectivity index (χ1v) is 3.43. The molecule has 1 N–H and O–H groups in total. The van der Waals surface area contributed by atoms with E-state index >= 15 is 0 Å². The molecule has 0 aliphatic rings. The second kappa shape index (κ2) is 3.70. The van der Waals surface area contributed by atoms with E-state index in [-0.39, 0.29) is 0 Å². The van der Waals surface area contributed by atoms with E-state index in [1.54, 1.807) is 6.07 Å². The summed E-state index contributed by atoms with van der Waals surface area (Å²) in [6, 6.07) is 3.52. The molecular weight excluding hydrogens is 151 g/mol. The van der Waals surface area contributed by atoms with E-state index in [1.165, 1.54) is 18.4 Å². The minimum atomic E-state index is -0.745. The van der Waals surface area contributed by atoms with E-state index < -0.39 is 6.92 Å². The van der Waals surface area contributed by atoms with Gasteiger partial charge in [0, 0.05) is 12.4 Å². The first-order valence-electron chi connectivity index (χ1n) is 3.43. The lowest BCUT2D eigenvalue weighted by Gasteiger charge is -1.99. The molecule has 0 bridgehead atoms. The Morgan fingerprint density at radius 3 is 3.00 bits per heavy atom. The summed E-state index contributed by atoms with van der Waals surface area (Å²) in [5, 5.41) is 17.8. The topological polar surface area (TPSA) is 56.9 Å². The molecule has 0 amide bonds. The van der Waals surface area contributed by atoms with Crippen LogP contribution in [0.5, 0.6) is 0 Å². The van der Waals surface area contributed by atoms with Crippen LogP contribution in [-0.4, -0.2) is 16.9 Å². The molecule has 4 heteroatoms. The number of nitrogens with zero attached hydrogens (tertiary/aromatic N) is 2. The Morgan fingerprint density at radius 1 is 1.67 bits per heavy atom. The monoisotopic (exact) mass is 158 g/mol. The summed E-state index contributed by atoms with van der Waals surface area (Å²) in [4.78, 5) is 3.79. The molecule has 0 saturated heterocycles. The number of rotatable bonds is 2. The first kappa shape index (κ1) is 8.50. The van der Waals surface area contributed by atoms with E-state index in [9.17, 15) is 5.02 Å². The van der Waals surface area contributed by atoms with E-state index in [0.29, 0.717) is 11.0 Å². The van der Waals surface area contributed by atoms with E-state index in [0.717, 1.165) is 0 Å². The molecule has 0 atom stereocenters. The fourth-order valence-electron chi connectivity index (χ4n) is 0.817. The normalized spacial score (nSPS) is 8.67. The van der Waals surface area contributed by atoms with Crippen LogP contribution in [-0.2, 0) is 0 Å². The molecule has 0 fully saturated rings. The summed E-state index contributed by atoms with van der Waals surface area (Å²) < 4.78 is 0. The van der Waals surface area contributed by atoms with Gasteiger partial charge in [-0.25, -0.2) is 0 Å². The third kappa shape index (κ3) is 1.71. The number of hydrogen-bond acceptors (Lipinski definition) is 3. The van der Waals surface area contributed by atoms with Gasteiger partial charge in [-0.05, 0) is 11.5 Å². The van der Waals surface area contributed by atoms with Crippen molar-refractivity contribution < 1.29 is 5.02 Å². The molecule has 0 aromatic carbocycles. The summed E-state index contributed by atoms with van der Waals surface area (Å²) in [6.45, 7) is 2.69. The van der Waals surface area contributed by atoms with Gasteiger partial charge in [-0.15, -0.1) is 6.58 Å². The molecule has 0 spiro atoms. The predicted octanol–water partition coefficient (Wildman–Crippen LogP) is -0.131. The average Bonchev–Trinajstić information content (AvgIpc) is 2.17. The van der Waals surface area contributed by atoms with Crippen molar-refractivity contribution in [1.82, 2.24) is 4.98 Å². The van der Waals surface area contributed by atoms with Crippen LogP contribution >= 0.6 is 0 Å². The molecule has 58 valence electrons. The molecule has 1 aromatic heterocycles. The van der Waals surface area contributed by atoms with Crippen LogP contribution in [0.25, 0.3) is 0 Å². The molecular formula is C8H7BN2O. The molecule has 1 rings (SSSR count). The predicted molar refractivity (Wildman–Crippen MR) is 46.8 cm³/mol. The van der Waals surface area contributed by atoms with Crippen LogP contribution < -0.4 is 5.46 Å². The fourth-order valence-corrected chi connectivity index (χ4v) is 0.817. The third-order valence-corrected chi connectivity index (χ3v) is 1.45. The molecule has 0 aliphatic carbocycles. The third-order valence-electron chi connectivity index (χ3n) is 1.45. The van der Waals surface area contributed by atoms with Crippen molar-refractivity contribution in [3.63, 3.8) is 0 Å². The minimum Gasteiger partial charge on any atom is -0.443 e. The molecule has 0 unspecified atom stereocenters. The summed E-state index contributed by atoms with van der Waals surface area (Å²) >= 11 is 0. The van der Waals surface area contributed by atoms with E-state index in [4.69, 9.17) is 5.26 Å². The maximum atomic E-state index is 9.28. The van der Waals surface area contributed by atoms with E-state index in [1.807, 2.05) is 6.07 Å². The Kier molecular flexibility index (Phi) is 2.62. The number of pyridine rings is 1. The van der Waals surface area contributed by atoms with Crippen molar-refractivity contribution in [2.75, 3.05) is 0 Å². The Balaban J connectivity index is 3.03. The highest BCUT2D eigenvalue weighted by atomic mass is 16.2. The number of aromatic nitrogens is 1. The summed E-state index contributed by atoms with van der Waals surface area (Å²) in [6.07, 6.45) is 2.95. The molecule has 1 aromatic rings. The minimum absolute atomic E-state index is 0.438. The number of hydrogen-bond donors (Lipinski definition) is 1. The lowest BCUT2D eigenvalue weighted by atomic mass is 9.62. The van der Waals surface area contributed by atoms with Crippen molar-refractivity contribution in [3.05, 3.63) is 36.6 Å². The summed E-state index contributed by atoms with van der Waals surface area (Å²) in [5.41, 5.74) is 1.03. The highest BCUT2D eigenvalue weighted by molar-refractivity contribution is 6.70. The van der Waals surface area contributed by atoms with Gasteiger partial charge in [0.05, 0.1) is 5.56 Å². The van der Waals surface area contributed by atoms with Gasteiger partial charge in [-0.1, -0.05) is 5.98 Å². The van der Waals surface area contributed by atoms with Crippen LogP contribution in [0.15, 0.2) is 31.0 Å². The smallest absolute Gasteiger partial charge is 0.352 e. The molecule has 0 radical (unpaired) electrons. The van der Waals surface area contributed by atoms with E-state index in [2.05, 4.69) is 11.6 Å². The Bertz CT molecular complexity index is 332. The average molecular weight is 158 g/mol. The molecule has 0 saturated carbocycles. The SMILES string of the molecule is C=CB(O)c1cncc(C#N)c1. The van der Waals surface area contributed by atoms with Crippen LogP contribution in [0, 0.1) is 11.3 Å². The van der Waals surface area contributed by atoms with Crippen molar-refractivity contribution in [3.8, 4) is 6.07 Å². The van der Waals surface area contributed by atoms with Gasteiger partial charge in [0.25, 0.3) is 0 Å². The van der Waals surface area contributed by atoms with Gasteiger partial charge in [0.1, 0.15) is 6.07 Å². The van der Waals surface area contributed by atoms with Crippen LogP contribution in [0.2, 0.25) is 0 Å². The van der Waals surface area contributed by atoms with Gasteiger partial charge < -0.3 is 5.02 Å². The highest BCUT2D eigenvalue weighted by Crippen LogP contribution is 1.91. The first-order chi connectivity index (χ1) is 5.77. The Hall–Kier alpha value is -1.60. The summed E-state index contributed by atoms with van der Waals surface area (Å²) in [5.74, 6) is 1.39. The molecule has 0 aliphatic heterocycles. The zero-order valence-corrected chi connectivity index (χ0v) is 6.44. The number of nitriles is 1.